The van der Waals surface area contributed by atoms with Crippen LogP contribution in [0.4, 0.5) is 11.4 Å². The van der Waals surface area contributed by atoms with Crippen molar-refractivity contribution in [1.29, 1.82) is 0 Å². The average Bonchev–Trinajstić information content (AvgIpc) is 2.83. The van der Waals surface area contributed by atoms with Gasteiger partial charge in [-0.3, -0.25) is 9.59 Å². The molecule has 4 nitrogen and oxygen atoms in total. The number of nitrogens with one attached hydrogen (secondary N) is 2. The van der Waals surface area contributed by atoms with Crippen LogP contribution in [0.25, 0.3) is 10.8 Å². The molecule has 0 aliphatic heterocycles. The van der Waals surface area contributed by atoms with Gasteiger partial charge in [-0.25, -0.2) is 0 Å². The Labute approximate surface area is 202 Å². The lowest BCUT2D eigenvalue weighted by molar-refractivity contribution is -0.115. The lowest BCUT2D eigenvalue weighted by atomic mass is 10.1. The zero-order valence-electron chi connectivity index (χ0n) is 18.0. The number of carbonyl (C=O) groups excluding carboxylic acids is 2. The molecular formula is C27H23ClN2O2S. The third-order valence-corrected chi connectivity index (χ3v) is 6.86. The Hall–Kier alpha value is -3.28. The number of anilines is 2. The first-order valence-corrected chi connectivity index (χ1v) is 11.9. The molecule has 0 spiro atoms. The van der Waals surface area contributed by atoms with Gasteiger partial charge < -0.3 is 10.6 Å². The highest BCUT2D eigenvalue weighted by Crippen LogP contribution is 2.30. The Morgan fingerprint density at radius 1 is 0.848 bits per heavy atom. The fraction of sp³-hybridized carbons (Fsp3) is 0.111. The number of hydrogen-bond acceptors (Lipinski definition) is 3. The summed E-state index contributed by atoms with van der Waals surface area (Å²) in [6, 6.07) is 28.3. The van der Waals surface area contributed by atoms with E-state index in [0.717, 1.165) is 15.7 Å². The smallest absolute Gasteiger partial charge is 0.255 e. The molecule has 0 heterocycles. The van der Waals surface area contributed by atoms with Crippen LogP contribution in [-0.4, -0.2) is 17.1 Å². The van der Waals surface area contributed by atoms with Crippen molar-refractivity contribution in [2.45, 2.75) is 23.5 Å². The molecule has 0 radical (unpaired) electrons. The largest absolute Gasteiger partial charge is 0.324 e. The number of amides is 2. The van der Waals surface area contributed by atoms with Gasteiger partial charge in [-0.05, 0) is 59.7 Å². The quantitative estimate of drug-likeness (QED) is 0.277. The Balaban J connectivity index is 1.44. The first kappa shape index (κ1) is 22.9. The van der Waals surface area contributed by atoms with E-state index in [9.17, 15) is 9.59 Å². The first-order chi connectivity index (χ1) is 16.0. The minimum Gasteiger partial charge on any atom is -0.324 e. The Morgan fingerprint density at radius 3 is 2.39 bits per heavy atom. The summed E-state index contributed by atoms with van der Waals surface area (Å²) in [6.45, 7) is 1.97. The van der Waals surface area contributed by atoms with Gasteiger partial charge in [0.15, 0.2) is 0 Å². The van der Waals surface area contributed by atoms with Crippen LogP contribution < -0.4 is 10.6 Å². The number of rotatable bonds is 7. The second kappa shape index (κ2) is 10.6. The van der Waals surface area contributed by atoms with E-state index in [1.54, 1.807) is 12.1 Å². The lowest BCUT2D eigenvalue weighted by Gasteiger charge is -2.16. The van der Waals surface area contributed by atoms with Gasteiger partial charge in [-0.2, -0.15) is 0 Å². The molecule has 6 heteroatoms. The summed E-state index contributed by atoms with van der Waals surface area (Å²) in [6.07, 6.45) is 0.647. The normalized spacial score (nSPS) is 11.7. The predicted octanol–water partition coefficient (Wildman–Crippen LogP) is 7.25. The van der Waals surface area contributed by atoms with Gasteiger partial charge >= 0.3 is 0 Å². The topological polar surface area (TPSA) is 58.2 Å². The number of fused-ring (bicyclic) bond motifs is 1. The van der Waals surface area contributed by atoms with E-state index in [0.29, 0.717) is 28.4 Å². The number of thioether (sulfide) groups is 1. The van der Waals surface area contributed by atoms with E-state index in [4.69, 9.17) is 11.6 Å². The summed E-state index contributed by atoms with van der Waals surface area (Å²) in [5.74, 6) is -0.285. The molecule has 1 unspecified atom stereocenters. The number of para-hydroxylation sites is 1. The monoisotopic (exact) mass is 474 g/mol. The molecule has 0 aliphatic rings. The minimum atomic E-state index is -0.298. The summed E-state index contributed by atoms with van der Waals surface area (Å²) >= 11 is 7.62. The Morgan fingerprint density at radius 2 is 1.61 bits per heavy atom. The molecule has 0 bridgehead atoms. The molecule has 0 fully saturated rings. The fourth-order valence-corrected chi connectivity index (χ4v) is 4.64. The van der Waals surface area contributed by atoms with Gasteiger partial charge in [0.25, 0.3) is 5.91 Å². The number of halogens is 1. The van der Waals surface area contributed by atoms with E-state index in [-0.39, 0.29) is 17.1 Å². The summed E-state index contributed by atoms with van der Waals surface area (Å²) in [4.78, 5) is 26.5. The zero-order valence-corrected chi connectivity index (χ0v) is 19.6. The molecule has 4 aromatic carbocycles. The second-order valence-electron chi connectivity index (χ2n) is 7.53. The fourth-order valence-electron chi connectivity index (χ4n) is 3.44. The summed E-state index contributed by atoms with van der Waals surface area (Å²) in [5.41, 5.74) is 1.87. The van der Waals surface area contributed by atoms with E-state index in [1.807, 2.05) is 85.8 Å². The molecule has 4 rings (SSSR count). The maximum atomic E-state index is 12.8. The Bertz CT molecular complexity index is 1310. The summed E-state index contributed by atoms with van der Waals surface area (Å²) in [7, 11) is 0. The van der Waals surface area contributed by atoms with Gasteiger partial charge in [0.05, 0.1) is 16.0 Å². The molecule has 33 heavy (non-hydrogen) atoms. The van der Waals surface area contributed by atoms with E-state index in [1.165, 1.54) is 11.8 Å². The van der Waals surface area contributed by atoms with Crippen LogP contribution in [0.15, 0.2) is 95.9 Å². The number of hydrogen-bond donors (Lipinski definition) is 2. The highest BCUT2D eigenvalue weighted by molar-refractivity contribution is 8.00. The molecule has 1 atom stereocenters. The Kier molecular flexibility index (Phi) is 7.33. The SMILES string of the molecule is CCC(Sc1cccc(NC(=O)c2ccc3ccccc3c2)c1)C(=O)Nc1ccccc1Cl. The van der Waals surface area contributed by atoms with Gasteiger partial charge in [-0.15, -0.1) is 11.8 Å². The van der Waals surface area contributed by atoms with E-state index >= 15 is 0 Å². The van der Waals surface area contributed by atoms with Crippen molar-refractivity contribution in [2.75, 3.05) is 10.6 Å². The molecule has 0 aliphatic carbocycles. The maximum absolute atomic E-state index is 12.8. The molecule has 0 saturated carbocycles. The van der Waals surface area contributed by atoms with Crippen LogP contribution in [-0.2, 0) is 4.79 Å². The van der Waals surface area contributed by atoms with E-state index < -0.39 is 0 Å². The van der Waals surface area contributed by atoms with Crippen LogP contribution in [0.3, 0.4) is 0 Å². The van der Waals surface area contributed by atoms with Gasteiger partial charge in [0.1, 0.15) is 0 Å². The van der Waals surface area contributed by atoms with Crippen LogP contribution in [0.5, 0.6) is 0 Å². The van der Waals surface area contributed by atoms with Crippen LogP contribution >= 0.6 is 23.4 Å². The highest BCUT2D eigenvalue weighted by atomic mass is 35.5. The van der Waals surface area contributed by atoms with Gasteiger partial charge in [0.2, 0.25) is 5.91 Å². The molecule has 2 amide bonds. The number of benzene rings is 4. The maximum Gasteiger partial charge on any atom is 0.255 e. The van der Waals surface area contributed by atoms with Crippen LogP contribution in [0.1, 0.15) is 23.7 Å². The summed E-state index contributed by atoms with van der Waals surface area (Å²) in [5, 5.41) is 8.18. The average molecular weight is 475 g/mol. The van der Waals surface area contributed by atoms with Crippen molar-refractivity contribution in [3.63, 3.8) is 0 Å². The lowest BCUT2D eigenvalue weighted by Crippen LogP contribution is -2.24. The van der Waals surface area contributed by atoms with Crippen molar-refractivity contribution >= 4 is 57.3 Å². The molecule has 4 aromatic rings. The van der Waals surface area contributed by atoms with Crippen molar-refractivity contribution in [3.8, 4) is 0 Å². The summed E-state index contributed by atoms with van der Waals surface area (Å²) < 4.78 is 0. The first-order valence-electron chi connectivity index (χ1n) is 10.7. The standard InChI is InChI=1S/C27H23ClN2O2S/c1-2-25(27(32)30-24-13-6-5-12-23(24)28)33-22-11-7-10-21(17-22)29-26(31)20-15-14-18-8-3-4-9-19(18)16-20/h3-17,25H,2H2,1H3,(H,29,31)(H,30,32). The third kappa shape index (κ3) is 5.75. The highest BCUT2D eigenvalue weighted by Gasteiger charge is 2.19. The van der Waals surface area contributed by atoms with Crippen molar-refractivity contribution in [1.82, 2.24) is 0 Å². The molecule has 2 N–H and O–H groups in total. The van der Waals surface area contributed by atoms with Crippen LogP contribution in [0.2, 0.25) is 5.02 Å². The van der Waals surface area contributed by atoms with Crippen molar-refractivity contribution in [3.05, 3.63) is 102 Å². The molecular weight excluding hydrogens is 452 g/mol. The molecule has 0 saturated heterocycles. The minimum absolute atomic E-state index is 0.110. The molecule has 0 aromatic heterocycles. The second-order valence-corrected chi connectivity index (χ2v) is 9.21. The van der Waals surface area contributed by atoms with Gasteiger partial charge in [0, 0.05) is 16.1 Å². The van der Waals surface area contributed by atoms with Gasteiger partial charge in [-0.1, -0.05) is 67.1 Å². The predicted molar refractivity (Wildman–Crippen MR) is 138 cm³/mol. The van der Waals surface area contributed by atoms with Crippen molar-refractivity contribution < 1.29 is 9.59 Å². The van der Waals surface area contributed by atoms with E-state index in [2.05, 4.69) is 10.6 Å². The third-order valence-electron chi connectivity index (χ3n) is 5.18. The number of carbonyl (C=O) groups is 2. The van der Waals surface area contributed by atoms with Crippen LogP contribution in [0, 0.1) is 0 Å². The van der Waals surface area contributed by atoms with Crippen molar-refractivity contribution in [2.24, 2.45) is 0 Å². The molecule has 166 valence electrons. The zero-order chi connectivity index (χ0) is 23.2.